The maximum absolute atomic E-state index is 8.81. The van der Waals surface area contributed by atoms with E-state index in [1.54, 1.807) is 0 Å². The van der Waals surface area contributed by atoms with Crippen LogP contribution >= 0.6 is 0 Å². The molecule has 0 saturated heterocycles. The van der Waals surface area contributed by atoms with Crippen LogP contribution in [0.1, 0.15) is 16.7 Å². The van der Waals surface area contributed by atoms with Gasteiger partial charge in [-0.3, -0.25) is 0 Å². The van der Waals surface area contributed by atoms with E-state index in [4.69, 9.17) is 5.26 Å². The SMILES string of the molecule is N#Cc1ccc(Cc2cccc3ccccc23)cc1. The predicted octanol–water partition coefficient (Wildman–Crippen LogP) is 4.30. The average Bonchev–Trinajstić information content (AvgIpc) is 2.48. The van der Waals surface area contributed by atoms with Crippen LogP contribution in [0.4, 0.5) is 0 Å². The van der Waals surface area contributed by atoms with Gasteiger partial charge in [0.05, 0.1) is 11.6 Å². The lowest BCUT2D eigenvalue weighted by Crippen LogP contribution is -1.90. The molecule has 0 aliphatic rings. The lowest BCUT2D eigenvalue weighted by Gasteiger charge is -2.06. The molecule has 3 aromatic carbocycles. The van der Waals surface area contributed by atoms with Crippen molar-refractivity contribution in [1.29, 1.82) is 5.26 Å². The summed E-state index contributed by atoms with van der Waals surface area (Å²) in [6.45, 7) is 0. The first kappa shape index (κ1) is 11.5. The summed E-state index contributed by atoms with van der Waals surface area (Å²) in [4.78, 5) is 0. The van der Waals surface area contributed by atoms with E-state index in [-0.39, 0.29) is 0 Å². The molecule has 0 spiro atoms. The molecule has 0 N–H and O–H groups in total. The molecule has 0 heterocycles. The summed E-state index contributed by atoms with van der Waals surface area (Å²) in [6.07, 6.45) is 0.896. The zero-order chi connectivity index (χ0) is 13.1. The number of rotatable bonds is 2. The molecule has 0 amide bonds. The molecule has 3 rings (SSSR count). The summed E-state index contributed by atoms with van der Waals surface area (Å²) in [5, 5.41) is 11.4. The Morgan fingerprint density at radius 3 is 2.32 bits per heavy atom. The number of nitriles is 1. The molecule has 0 radical (unpaired) electrons. The van der Waals surface area contributed by atoms with Crippen LogP contribution in [0.15, 0.2) is 66.7 Å². The van der Waals surface area contributed by atoms with E-state index in [1.165, 1.54) is 21.9 Å². The average molecular weight is 243 g/mol. The van der Waals surface area contributed by atoms with Gasteiger partial charge in [0, 0.05) is 0 Å². The number of nitrogens with zero attached hydrogens (tertiary/aromatic N) is 1. The molecule has 1 heteroatoms. The van der Waals surface area contributed by atoms with Crippen molar-refractivity contribution in [2.24, 2.45) is 0 Å². The van der Waals surface area contributed by atoms with Crippen molar-refractivity contribution < 1.29 is 0 Å². The molecule has 1 nitrogen and oxygen atoms in total. The van der Waals surface area contributed by atoms with Gasteiger partial charge in [0.25, 0.3) is 0 Å². The van der Waals surface area contributed by atoms with E-state index >= 15 is 0 Å². The molecule has 0 fully saturated rings. The molecule has 0 unspecified atom stereocenters. The molecular formula is C18H13N. The summed E-state index contributed by atoms with van der Waals surface area (Å²) >= 11 is 0. The second-order valence-corrected chi connectivity index (χ2v) is 4.62. The molecule has 0 aliphatic carbocycles. The smallest absolute Gasteiger partial charge is 0.0991 e. The van der Waals surface area contributed by atoms with E-state index in [1.807, 2.05) is 24.3 Å². The fraction of sp³-hybridized carbons (Fsp3) is 0.0556. The maximum atomic E-state index is 8.81. The van der Waals surface area contributed by atoms with Gasteiger partial charge in [-0.25, -0.2) is 0 Å². The standard InChI is InChI=1S/C18H13N/c19-13-15-10-8-14(9-11-15)12-17-6-3-5-16-4-1-2-7-18(16)17/h1-11H,12H2. The summed E-state index contributed by atoms with van der Waals surface area (Å²) in [7, 11) is 0. The largest absolute Gasteiger partial charge is 0.192 e. The van der Waals surface area contributed by atoms with Crippen molar-refractivity contribution >= 4 is 10.8 Å². The Morgan fingerprint density at radius 1 is 0.789 bits per heavy atom. The quantitative estimate of drug-likeness (QED) is 0.658. The number of hydrogen-bond acceptors (Lipinski definition) is 1. The topological polar surface area (TPSA) is 23.8 Å². The minimum absolute atomic E-state index is 0.710. The van der Waals surface area contributed by atoms with Crippen LogP contribution in [0, 0.1) is 11.3 Å². The third-order valence-electron chi connectivity index (χ3n) is 3.36. The Balaban J connectivity index is 1.99. The van der Waals surface area contributed by atoms with Gasteiger partial charge in [-0.1, -0.05) is 54.6 Å². The van der Waals surface area contributed by atoms with Crippen LogP contribution in [0.25, 0.3) is 10.8 Å². The van der Waals surface area contributed by atoms with Crippen molar-refractivity contribution in [3.63, 3.8) is 0 Å². The number of hydrogen-bond donors (Lipinski definition) is 0. The van der Waals surface area contributed by atoms with Gasteiger partial charge in [-0.15, -0.1) is 0 Å². The zero-order valence-corrected chi connectivity index (χ0v) is 10.5. The molecule has 90 valence electrons. The molecule has 0 aliphatic heterocycles. The van der Waals surface area contributed by atoms with Crippen LogP contribution in [0.3, 0.4) is 0 Å². The molecular weight excluding hydrogens is 230 g/mol. The van der Waals surface area contributed by atoms with Gasteiger partial charge in [0.1, 0.15) is 0 Å². The Labute approximate surface area is 112 Å². The first-order valence-corrected chi connectivity index (χ1v) is 6.32. The molecule has 0 bridgehead atoms. The van der Waals surface area contributed by atoms with Crippen LogP contribution in [-0.2, 0) is 6.42 Å². The van der Waals surface area contributed by atoms with Crippen molar-refractivity contribution in [2.45, 2.75) is 6.42 Å². The van der Waals surface area contributed by atoms with E-state index in [2.05, 4.69) is 48.5 Å². The maximum Gasteiger partial charge on any atom is 0.0991 e. The highest BCUT2D eigenvalue weighted by Crippen LogP contribution is 2.21. The lowest BCUT2D eigenvalue weighted by molar-refractivity contribution is 1.21. The lowest BCUT2D eigenvalue weighted by atomic mass is 9.98. The van der Waals surface area contributed by atoms with Crippen molar-refractivity contribution in [3.8, 4) is 6.07 Å². The summed E-state index contributed by atoms with van der Waals surface area (Å²) in [5.74, 6) is 0. The molecule has 3 aromatic rings. The van der Waals surface area contributed by atoms with Crippen molar-refractivity contribution in [1.82, 2.24) is 0 Å². The molecule has 0 atom stereocenters. The van der Waals surface area contributed by atoms with E-state index < -0.39 is 0 Å². The normalized spacial score (nSPS) is 10.3. The molecule has 19 heavy (non-hydrogen) atoms. The van der Waals surface area contributed by atoms with Gasteiger partial charge in [-0.05, 0) is 40.5 Å². The summed E-state index contributed by atoms with van der Waals surface area (Å²) < 4.78 is 0. The first-order valence-electron chi connectivity index (χ1n) is 6.32. The number of fused-ring (bicyclic) bond motifs is 1. The van der Waals surface area contributed by atoms with Crippen molar-refractivity contribution in [3.05, 3.63) is 83.4 Å². The van der Waals surface area contributed by atoms with Crippen LogP contribution in [0.5, 0.6) is 0 Å². The summed E-state index contributed by atoms with van der Waals surface area (Å²) in [6, 6.07) is 24.8. The minimum Gasteiger partial charge on any atom is -0.192 e. The van der Waals surface area contributed by atoms with E-state index in [0.717, 1.165) is 6.42 Å². The highest BCUT2D eigenvalue weighted by Gasteiger charge is 2.01. The fourth-order valence-electron chi connectivity index (χ4n) is 2.36. The Bertz CT molecular complexity index is 743. The third kappa shape index (κ3) is 2.34. The predicted molar refractivity (Wildman–Crippen MR) is 77.9 cm³/mol. The van der Waals surface area contributed by atoms with Gasteiger partial charge in [-0.2, -0.15) is 5.26 Å². The van der Waals surface area contributed by atoms with Gasteiger partial charge in [0.15, 0.2) is 0 Å². The number of benzene rings is 3. The first-order chi connectivity index (χ1) is 9.36. The highest BCUT2D eigenvalue weighted by atomic mass is 14.2. The zero-order valence-electron chi connectivity index (χ0n) is 10.5. The Hall–Kier alpha value is -2.59. The van der Waals surface area contributed by atoms with Gasteiger partial charge < -0.3 is 0 Å². The van der Waals surface area contributed by atoms with Crippen LogP contribution in [-0.4, -0.2) is 0 Å². The molecule has 0 saturated carbocycles. The van der Waals surface area contributed by atoms with Crippen molar-refractivity contribution in [2.75, 3.05) is 0 Å². The third-order valence-corrected chi connectivity index (χ3v) is 3.36. The van der Waals surface area contributed by atoms with Crippen LogP contribution in [0.2, 0.25) is 0 Å². The van der Waals surface area contributed by atoms with Gasteiger partial charge >= 0.3 is 0 Å². The van der Waals surface area contributed by atoms with Gasteiger partial charge in [0.2, 0.25) is 0 Å². The molecule has 0 aromatic heterocycles. The van der Waals surface area contributed by atoms with E-state index in [9.17, 15) is 0 Å². The monoisotopic (exact) mass is 243 g/mol. The minimum atomic E-state index is 0.710. The van der Waals surface area contributed by atoms with Crippen LogP contribution < -0.4 is 0 Å². The summed E-state index contributed by atoms with van der Waals surface area (Å²) in [5.41, 5.74) is 3.26. The van der Waals surface area contributed by atoms with E-state index in [0.29, 0.717) is 5.56 Å². The Morgan fingerprint density at radius 2 is 1.53 bits per heavy atom. The highest BCUT2D eigenvalue weighted by molar-refractivity contribution is 5.85. The second-order valence-electron chi connectivity index (χ2n) is 4.62. The fourth-order valence-corrected chi connectivity index (χ4v) is 2.36. The second kappa shape index (κ2) is 4.96. The Kier molecular flexibility index (Phi) is 3.00.